The van der Waals surface area contributed by atoms with E-state index >= 15 is 0 Å². The Labute approximate surface area is 116 Å². The average molecular weight is 276 g/mol. The topological polar surface area (TPSA) is 38.0 Å². The van der Waals surface area contributed by atoms with Crippen molar-refractivity contribution in [1.29, 1.82) is 0 Å². The Bertz CT molecular complexity index is 539. The van der Waals surface area contributed by atoms with Crippen LogP contribution in [0, 0.1) is 5.82 Å². The van der Waals surface area contributed by atoms with Gasteiger partial charge in [0.15, 0.2) is 0 Å². The number of nitrogens with two attached hydrogens (primary N) is 1. The van der Waals surface area contributed by atoms with Crippen LogP contribution in [-0.2, 0) is 12.8 Å². The normalized spacial score (nSPS) is 16.1. The van der Waals surface area contributed by atoms with Gasteiger partial charge in [0.1, 0.15) is 5.82 Å². The van der Waals surface area contributed by atoms with Crippen LogP contribution in [0.25, 0.3) is 0 Å². The molecule has 0 aliphatic heterocycles. The lowest BCUT2D eigenvalue weighted by Crippen LogP contribution is -2.28. The molecule has 1 aromatic carbocycles. The highest BCUT2D eigenvalue weighted by molar-refractivity contribution is 7.12. The van der Waals surface area contributed by atoms with Gasteiger partial charge in [-0.1, -0.05) is 12.1 Å². The highest BCUT2D eigenvalue weighted by Crippen LogP contribution is 2.35. The summed E-state index contributed by atoms with van der Waals surface area (Å²) in [5.74, 6) is 5.48. The van der Waals surface area contributed by atoms with E-state index in [1.165, 1.54) is 53.1 Å². The number of thiophene rings is 1. The van der Waals surface area contributed by atoms with E-state index in [9.17, 15) is 4.39 Å². The molecule has 0 saturated heterocycles. The van der Waals surface area contributed by atoms with E-state index in [1.54, 1.807) is 12.1 Å². The highest BCUT2D eigenvalue weighted by Gasteiger charge is 2.19. The quantitative estimate of drug-likeness (QED) is 0.666. The number of rotatable bonds is 3. The lowest BCUT2D eigenvalue weighted by Gasteiger charge is -2.14. The van der Waals surface area contributed by atoms with E-state index in [0.29, 0.717) is 0 Å². The monoisotopic (exact) mass is 276 g/mol. The number of aryl methyl sites for hydroxylation is 2. The van der Waals surface area contributed by atoms with Gasteiger partial charge in [-0.05, 0) is 55.0 Å². The van der Waals surface area contributed by atoms with Crippen molar-refractivity contribution >= 4 is 11.3 Å². The number of halogens is 1. The maximum atomic E-state index is 13.0. The SMILES string of the molecule is NNC(c1ccc(F)cc1)c1cc2c(s1)CCCC2. The van der Waals surface area contributed by atoms with Gasteiger partial charge in [-0.3, -0.25) is 5.84 Å². The maximum Gasteiger partial charge on any atom is 0.123 e. The second-order valence-corrected chi connectivity index (χ2v) is 6.12. The van der Waals surface area contributed by atoms with Gasteiger partial charge in [-0.2, -0.15) is 0 Å². The molecule has 1 aliphatic carbocycles. The van der Waals surface area contributed by atoms with E-state index < -0.39 is 0 Å². The molecule has 1 atom stereocenters. The van der Waals surface area contributed by atoms with Crippen LogP contribution in [0.2, 0.25) is 0 Å². The molecular formula is C15H17FN2S. The zero-order valence-corrected chi connectivity index (χ0v) is 11.5. The molecule has 0 radical (unpaired) electrons. The van der Waals surface area contributed by atoms with Crippen molar-refractivity contribution in [3.63, 3.8) is 0 Å². The van der Waals surface area contributed by atoms with Gasteiger partial charge in [-0.15, -0.1) is 11.3 Å². The van der Waals surface area contributed by atoms with Gasteiger partial charge in [0.05, 0.1) is 6.04 Å². The Balaban J connectivity index is 1.93. The smallest absolute Gasteiger partial charge is 0.123 e. The molecule has 2 nitrogen and oxygen atoms in total. The van der Waals surface area contributed by atoms with E-state index in [2.05, 4.69) is 11.5 Å². The third-order valence-electron chi connectivity index (χ3n) is 3.67. The molecule has 1 aliphatic rings. The van der Waals surface area contributed by atoms with Crippen LogP contribution in [-0.4, -0.2) is 0 Å². The molecule has 100 valence electrons. The highest BCUT2D eigenvalue weighted by atomic mass is 32.1. The molecule has 4 heteroatoms. The second-order valence-electron chi connectivity index (χ2n) is 4.96. The fraction of sp³-hybridized carbons (Fsp3) is 0.333. The van der Waals surface area contributed by atoms with Crippen molar-refractivity contribution in [2.45, 2.75) is 31.7 Å². The summed E-state index contributed by atoms with van der Waals surface area (Å²) in [7, 11) is 0. The molecule has 0 spiro atoms. The lowest BCUT2D eigenvalue weighted by atomic mass is 9.98. The van der Waals surface area contributed by atoms with Crippen LogP contribution in [0.4, 0.5) is 4.39 Å². The van der Waals surface area contributed by atoms with Gasteiger partial charge < -0.3 is 0 Å². The fourth-order valence-corrected chi connectivity index (χ4v) is 4.00. The number of hydrazine groups is 1. The average Bonchev–Trinajstić information content (AvgIpc) is 2.85. The van der Waals surface area contributed by atoms with Crippen molar-refractivity contribution < 1.29 is 4.39 Å². The largest absolute Gasteiger partial charge is 0.271 e. The minimum Gasteiger partial charge on any atom is -0.271 e. The van der Waals surface area contributed by atoms with Gasteiger partial charge in [0.2, 0.25) is 0 Å². The molecule has 19 heavy (non-hydrogen) atoms. The minimum atomic E-state index is -0.218. The standard InChI is InChI=1S/C15H17FN2S/c16-12-7-5-10(6-8-12)15(18-17)14-9-11-3-1-2-4-13(11)19-14/h5-9,15,18H,1-4,17H2. The Kier molecular flexibility index (Phi) is 3.64. The summed E-state index contributed by atoms with van der Waals surface area (Å²) in [6.07, 6.45) is 4.91. The van der Waals surface area contributed by atoms with Crippen molar-refractivity contribution in [2.75, 3.05) is 0 Å². The number of hydrogen-bond donors (Lipinski definition) is 2. The van der Waals surface area contributed by atoms with Crippen LogP contribution >= 0.6 is 11.3 Å². The number of hydrogen-bond acceptors (Lipinski definition) is 3. The van der Waals surface area contributed by atoms with Crippen LogP contribution in [0.1, 0.15) is 39.8 Å². The molecule has 0 amide bonds. The Morgan fingerprint density at radius 2 is 1.89 bits per heavy atom. The van der Waals surface area contributed by atoms with Gasteiger partial charge in [-0.25, -0.2) is 9.82 Å². The second kappa shape index (κ2) is 5.41. The van der Waals surface area contributed by atoms with Gasteiger partial charge in [0, 0.05) is 9.75 Å². The fourth-order valence-electron chi connectivity index (χ4n) is 2.65. The Morgan fingerprint density at radius 3 is 2.58 bits per heavy atom. The molecule has 0 saturated carbocycles. The predicted molar refractivity (Wildman–Crippen MR) is 76.5 cm³/mol. The van der Waals surface area contributed by atoms with Crippen molar-refractivity contribution in [2.24, 2.45) is 5.84 Å². The number of nitrogens with one attached hydrogen (secondary N) is 1. The Hall–Kier alpha value is -1.23. The maximum absolute atomic E-state index is 13.0. The molecule has 0 fully saturated rings. The van der Waals surface area contributed by atoms with Crippen molar-refractivity contribution in [3.05, 3.63) is 57.0 Å². The molecule has 2 aromatic rings. The summed E-state index contributed by atoms with van der Waals surface area (Å²) < 4.78 is 13.0. The summed E-state index contributed by atoms with van der Waals surface area (Å²) in [5.41, 5.74) is 5.32. The zero-order chi connectivity index (χ0) is 13.2. The van der Waals surface area contributed by atoms with Crippen LogP contribution in [0.5, 0.6) is 0 Å². The zero-order valence-electron chi connectivity index (χ0n) is 10.7. The van der Waals surface area contributed by atoms with Crippen LogP contribution in [0.15, 0.2) is 30.3 Å². The summed E-state index contributed by atoms with van der Waals surface area (Å²) in [5, 5.41) is 0. The lowest BCUT2D eigenvalue weighted by molar-refractivity contribution is 0.618. The molecule has 3 rings (SSSR count). The van der Waals surface area contributed by atoms with Gasteiger partial charge >= 0.3 is 0 Å². The molecule has 0 bridgehead atoms. The summed E-state index contributed by atoms with van der Waals surface area (Å²) >= 11 is 1.83. The van der Waals surface area contributed by atoms with E-state index in [-0.39, 0.29) is 11.9 Å². The van der Waals surface area contributed by atoms with E-state index in [4.69, 9.17) is 5.84 Å². The third-order valence-corrected chi connectivity index (χ3v) is 4.97. The third kappa shape index (κ3) is 2.56. The first-order valence-corrected chi connectivity index (χ1v) is 7.42. The molecule has 3 N–H and O–H groups in total. The first-order valence-electron chi connectivity index (χ1n) is 6.61. The minimum absolute atomic E-state index is 0.0452. The predicted octanol–water partition coefficient (Wildman–Crippen LogP) is 3.32. The van der Waals surface area contributed by atoms with E-state index in [1.807, 2.05) is 11.3 Å². The van der Waals surface area contributed by atoms with Crippen molar-refractivity contribution in [1.82, 2.24) is 5.43 Å². The first kappa shape index (κ1) is 12.8. The summed E-state index contributed by atoms with van der Waals surface area (Å²) in [6.45, 7) is 0. The number of fused-ring (bicyclic) bond motifs is 1. The molecular weight excluding hydrogens is 259 g/mol. The molecule has 1 unspecified atom stereocenters. The first-order chi connectivity index (χ1) is 9.28. The van der Waals surface area contributed by atoms with Gasteiger partial charge in [0.25, 0.3) is 0 Å². The van der Waals surface area contributed by atoms with Crippen molar-refractivity contribution in [3.8, 4) is 0 Å². The number of benzene rings is 1. The Morgan fingerprint density at radius 1 is 1.16 bits per heavy atom. The molecule has 1 heterocycles. The van der Waals surface area contributed by atoms with Crippen LogP contribution < -0.4 is 11.3 Å². The molecule has 1 aromatic heterocycles. The summed E-state index contributed by atoms with van der Waals surface area (Å²) in [4.78, 5) is 2.71. The van der Waals surface area contributed by atoms with E-state index in [0.717, 1.165) is 5.56 Å². The summed E-state index contributed by atoms with van der Waals surface area (Å²) in [6, 6.07) is 8.75. The van der Waals surface area contributed by atoms with Crippen LogP contribution in [0.3, 0.4) is 0 Å².